The number of thiophene rings is 1. The van der Waals surface area contributed by atoms with E-state index < -0.39 is 0 Å². The highest BCUT2D eigenvalue weighted by Crippen LogP contribution is 2.43. The number of hydrogen-bond acceptors (Lipinski definition) is 7. The lowest BCUT2D eigenvalue weighted by Gasteiger charge is -2.27. The van der Waals surface area contributed by atoms with Crippen LogP contribution in [0.1, 0.15) is 11.3 Å². The Hall–Kier alpha value is -3.98. The number of para-hydroxylation sites is 1. The number of rotatable bonds is 6. The minimum Gasteiger partial charge on any atom is -0.440 e. The summed E-state index contributed by atoms with van der Waals surface area (Å²) >= 11 is 1.79. The molecule has 0 saturated carbocycles. The Bertz CT molecular complexity index is 1880. The number of ether oxygens (including phenoxy) is 1. The summed E-state index contributed by atoms with van der Waals surface area (Å²) in [6.07, 6.45) is 1.82. The van der Waals surface area contributed by atoms with Crippen LogP contribution in [0.2, 0.25) is 0 Å². The third kappa shape index (κ3) is 4.30. The Morgan fingerprint density at radius 3 is 2.64 bits per heavy atom. The van der Waals surface area contributed by atoms with Gasteiger partial charge in [0.05, 0.1) is 24.3 Å². The van der Waals surface area contributed by atoms with Gasteiger partial charge in [-0.25, -0.2) is 0 Å². The standard InChI is InChI=1S/C31H28N4O3S/c1-34-21(11-12-33-34)19-32-18-20-9-10-23(31-29(20)25-5-2-3-8-27(25)39-31)22-6-4-7-24-26(36)17-28(38-30(22)24)35-13-15-37-16-14-35/h2-12,17,32H,13-16,18-19H2,1H3. The number of fused-ring (bicyclic) bond motifs is 4. The first-order valence-electron chi connectivity index (χ1n) is 13.2. The molecule has 0 radical (unpaired) electrons. The van der Waals surface area contributed by atoms with Gasteiger partial charge in [0.1, 0.15) is 5.58 Å². The van der Waals surface area contributed by atoms with Crippen molar-refractivity contribution >= 4 is 48.4 Å². The van der Waals surface area contributed by atoms with E-state index in [9.17, 15) is 4.79 Å². The van der Waals surface area contributed by atoms with Gasteiger partial charge in [-0.2, -0.15) is 5.10 Å². The van der Waals surface area contributed by atoms with Crippen LogP contribution in [0, 0.1) is 0 Å². The zero-order valence-corrected chi connectivity index (χ0v) is 22.5. The minimum absolute atomic E-state index is 0.0249. The molecule has 0 amide bonds. The molecule has 7 rings (SSSR count). The first-order chi connectivity index (χ1) is 19.2. The molecule has 0 spiro atoms. The maximum Gasteiger partial charge on any atom is 0.200 e. The third-order valence-corrected chi connectivity index (χ3v) is 8.72. The Morgan fingerprint density at radius 2 is 1.79 bits per heavy atom. The molecule has 8 heteroatoms. The molecule has 1 N–H and O–H groups in total. The van der Waals surface area contributed by atoms with Crippen molar-refractivity contribution < 1.29 is 9.15 Å². The van der Waals surface area contributed by atoms with Crippen LogP contribution in [-0.2, 0) is 24.9 Å². The lowest BCUT2D eigenvalue weighted by molar-refractivity contribution is 0.121. The molecule has 1 aliphatic heterocycles. The SMILES string of the molecule is Cn1nccc1CNCc1ccc(-c2cccc3c(=O)cc(N4CCOCC4)oc23)c2sc3ccccc3c12. The molecule has 196 valence electrons. The number of aryl methyl sites for hydroxylation is 1. The van der Waals surface area contributed by atoms with Crippen molar-refractivity contribution in [1.29, 1.82) is 0 Å². The maximum absolute atomic E-state index is 13.2. The zero-order chi connectivity index (χ0) is 26.3. The van der Waals surface area contributed by atoms with Gasteiger partial charge < -0.3 is 19.4 Å². The fraction of sp³-hybridized carbons (Fsp3) is 0.226. The van der Waals surface area contributed by atoms with Crippen molar-refractivity contribution in [3.63, 3.8) is 0 Å². The number of nitrogens with one attached hydrogen (secondary N) is 1. The number of benzene rings is 3. The van der Waals surface area contributed by atoms with E-state index in [1.54, 1.807) is 17.4 Å². The second-order valence-corrected chi connectivity index (χ2v) is 10.9. The number of morpholine rings is 1. The second-order valence-electron chi connectivity index (χ2n) is 9.85. The van der Waals surface area contributed by atoms with Gasteiger partial charge in [0.15, 0.2) is 11.3 Å². The zero-order valence-electron chi connectivity index (χ0n) is 21.6. The van der Waals surface area contributed by atoms with Crippen LogP contribution in [0.15, 0.2) is 82.1 Å². The molecule has 0 atom stereocenters. The van der Waals surface area contributed by atoms with Crippen molar-refractivity contribution in [2.45, 2.75) is 13.1 Å². The Labute approximate surface area is 229 Å². The fourth-order valence-corrected chi connectivity index (χ4v) is 6.75. The molecule has 1 saturated heterocycles. The van der Waals surface area contributed by atoms with Crippen LogP contribution in [0.25, 0.3) is 42.3 Å². The Morgan fingerprint density at radius 1 is 0.949 bits per heavy atom. The Balaban J connectivity index is 1.37. The largest absolute Gasteiger partial charge is 0.440 e. The lowest BCUT2D eigenvalue weighted by Crippen LogP contribution is -2.36. The first-order valence-corrected chi connectivity index (χ1v) is 14.0. The van der Waals surface area contributed by atoms with Crippen molar-refractivity contribution in [3.8, 4) is 11.1 Å². The summed E-state index contributed by atoms with van der Waals surface area (Å²) in [4.78, 5) is 15.3. The molecule has 4 heterocycles. The number of hydrogen-bond donors (Lipinski definition) is 1. The van der Waals surface area contributed by atoms with Gasteiger partial charge in [0, 0.05) is 76.8 Å². The van der Waals surface area contributed by atoms with Crippen molar-refractivity contribution in [2.75, 3.05) is 31.2 Å². The molecule has 1 aliphatic rings. The number of anilines is 1. The van der Waals surface area contributed by atoms with Gasteiger partial charge in [-0.15, -0.1) is 11.3 Å². The fourth-order valence-electron chi connectivity index (χ4n) is 5.47. The van der Waals surface area contributed by atoms with E-state index in [-0.39, 0.29) is 5.43 Å². The van der Waals surface area contributed by atoms with E-state index in [1.165, 1.54) is 25.7 Å². The van der Waals surface area contributed by atoms with Gasteiger partial charge in [-0.3, -0.25) is 9.48 Å². The highest BCUT2D eigenvalue weighted by molar-refractivity contribution is 7.26. The number of aromatic nitrogens is 2. The summed E-state index contributed by atoms with van der Waals surface area (Å²) in [6.45, 7) is 4.13. The van der Waals surface area contributed by atoms with Crippen LogP contribution in [-0.4, -0.2) is 36.1 Å². The van der Waals surface area contributed by atoms with Gasteiger partial charge in [0.25, 0.3) is 0 Å². The second kappa shape index (κ2) is 9.96. The number of nitrogens with zero attached hydrogens (tertiary/aromatic N) is 3. The van der Waals surface area contributed by atoms with Gasteiger partial charge >= 0.3 is 0 Å². The molecule has 3 aromatic carbocycles. The monoisotopic (exact) mass is 536 g/mol. The van der Waals surface area contributed by atoms with E-state index >= 15 is 0 Å². The average molecular weight is 537 g/mol. The lowest BCUT2D eigenvalue weighted by atomic mass is 9.97. The molecule has 39 heavy (non-hydrogen) atoms. The Kier molecular flexibility index (Phi) is 6.15. The van der Waals surface area contributed by atoms with Crippen molar-refractivity contribution in [3.05, 3.63) is 94.4 Å². The topological polar surface area (TPSA) is 72.5 Å². The molecule has 1 fully saturated rings. The van der Waals surface area contributed by atoms with Gasteiger partial charge in [-0.1, -0.05) is 42.5 Å². The average Bonchev–Trinajstić information content (AvgIpc) is 3.57. The first kappa shape index (κ1) is 24.1. The van der Waals surface area contributed by atoms with E-state index in [4.69, 9.17) is 9.15 Å². The quantitative estimate of drug-likeness (QED) is 0.295. The van der Waals surface area contributed by atoms with E-state index in [1.807, 2.05) is 36.1 Å². The van der Waals surface area contributed by atoms with Gasteiger partial charge in [0.2, 0.25) is 0 Å². The predicted molar refractivity (Wildman–Crippen MR) is 158 cm³/mol. The highest BCUT2D eigenvalue weighted by atomic mass is 32.1. The van der Waals surface area contributed by atoms with Crippen LogP contribution in [0.4, 0.5) is 5.88 Å². The maximum atomic E-state index is 13.2. The summed E-state index contributed by atoms with van der Waals surface area (Å²) in [7, 11) is 1.96. The normalized spacial score (nSPS) is 14.1. The smallest absolute Gasteiger partial charge is 0.200 e. The van der Waals surface area contributed by atoms with Crippen LogP contribution >= 0.6 is 11.3 Å². The van der Waals surface area contributed by atoms with Gasteiger partial charge in [-0.05, 0) is 23.8 Å². The molecular weight excluding hydrogens is 508 g/mol. The van der Waals surface area contributed by atoms with Crippen LogP contribution in [0.3, 0.4) is 0 Å². The summed E-state index contributed by atoms with van der Waals surface area (Å²) in [5, 5.41) is 11.0. The molecule has 0 bridgehead atoms. The minimum atomic E-state index is -0.0249. The van der Waals surface area contributed by atoms with E-state index in [0.29, 0.717) is 43.2 Å². The molecule has 7 nitrogen and oxygen atoms in total. The summed E-state index contributed by atoms with van der Waals surface area (Å²) in [6, 6.07) is 22.5. The van der Waals surface area contributed by atoms with Crippen LogP contribution < -0.4 is 15.6 Å². The summed E-state index contributed by atoms with van der Waals surface area (Å²) < 4.78 is 16.3. The molecule has 0 aliphatic carbocycles. The summed E-state index contributed by atoms with van der Waals surface area (Å²) in [5.41, 5.74) is 5.00. The van der Waals surface area contributed by atoms with Crippen molar-refractivity contribution in [2.24, 2.45) is 7.05 Å². The molecular formula is C31H28N4O3S. The highest BCUT2D eigenvalue weighted by Gasteiger charge is 2.20. The van der Waals surface area contributed by atoms with E-state index in [2.05, 4.69) is 57.8 Å². The third-order valence-electron chi connectivity index (χ3n) is 7.51. The predicted octanol–water partition coefficient (Wildman–Crippen LogP) is 5.69. The van der Waals surface area contributed by atoms with E-state index in [0.717, 1.165) is 29.9 Å². The molecule has 3 aromatic heterocycles. The summed E-state index contributed by atoms with van der Waals surface area (Å²) in [5.74, 6) is 0.604. The molecule has 6 aromatic rings. The van der Waals surface area contributed by atoms with Crippen molar-refractivity contribution in [1.82, 2.24) is 15.1 Å². The molecule has 0 unspecified atom stereocenters. The van der Waals surface area contributed by atoms with Crippen LogP contribution in [0.5, 0.6) is 0 Å².